The Morgan fingerprint density at radius 2 is 1.85 bits per heavy atom. The zero-order chi connectivity index (χ0) is 15.6. The summed E-state index contributed by atoms with van der Waals surface area (Å²) in [4.78, 5) is 21.4. The highest BCUT2D eigenvalue weighted by Gasteiger charge is 2.31. The van der Waals surface area contributed by atoms with Gasteiger partial charge in [0.1, 0.15) is 5.54 Å². The molecule has 4 nitrogen and oxygen atoms in total. The molecule has 0 fully saturated rings. The number of ether oxygens (including phenoxy) is 1. The van der Waals surface area contributed by atoms with Gasteiger partial charge in [-0.1, -0.05) is 42.3 Å². The van der Waals surface area contributed by atoms with Crippen LogP contribution in [0.15, 0.2) is 24.3 Å². The van der Waals surface area contributed by atoms with E-state index >= 15 is 0 Å². The van der Waals surface area contributed by atoms with Crippen molar-refractivity contribution < 1.29 is 14.3 Å². The van der Waals surface area contributed by atoms with Gasteiger partial charge in [0.25, 0.3) is 0 Å². The van der Waals surface area contributed by atoms with Gasteiger partial charge >= 0.3 is 5.97 Å². The number of hydrogen-bond acceptors (Lipinski definition) is 3. The lowest BCUT2D eigenvalue weighted by Crippen LogP contribution is -2.49. The maximum Gasteiger partial charge on any atom is 0.331 e. The number of hydrogen-bond donors (Lipinski definition) is 1. The Labute approximate surface area is 121 Å². The average molecular weight is 279 g/mol. The van der Waals surface area contributed by atoms with E-state index in [2.05, 4.69) is 43.4 Å². The molecule has 0 aliphatic rings. The SMILES string of the molecule is CCOC(=O)C(C)(CC)NC=O.Cc1cccc(C)c1. The molecule has 1 unspecified atom stereocenters. The first-order chi connectivity index (χ1) is 9.39. The zero-order valence-electron chi connectivity index (χ0n) is 13.0. The highest BCUT2D eigenvalue weighted by atomic mass is 16.5. The lowest BCUT2D eigenvalue weighted by molar-refractivity contribution is -0.151. The summed E-state index contributed by atoms with van der Waals surface area (Å²) < 4.78 is 4.79. The van der Waals surface area contributed by atoms with E-state index in [1.807, 2.05) is 6.92 Å². The molecule has 0 saturated carbocycles. The van der Waals surface area contributed by atoms with Gasteiger partial charge in [-0.25, -0.2) is 4.79 Å². The van der Waals surface area contributed by atoms with Crippen LogP contribution < -0.4 is 5.32 Å². The van der Waals surface area contributed by atoms with Crippen LogP contribution in [0.3, 0.4) is 0 Å². The van der Waals surface area contributed by atoms with Gasteiger partial charge in [0.15, 0.2) is 0 Å². The number of carbonyl (C=O) groups excluding carboxylic acids is 2. The lowest BCUT2D eigenvalue weighted by atomic mass is 10.00. The molecule has 112 valence electrons. The zero-order valence-corrected chi connectivity index (χ0v) is 13.0. The largest absolute Gasteiger partial charge is 0.464 e. The summed E-state index contributed by atoms with van der Waals surface area (Å²) in [6.07, 6.45) is 1.03. The summed E-state index contributed by atoms with van der Waals surface area (Å²) in [6, 6.07) is 8.45. The fourth-order valence-corrected chi connectivity index (χ4v) is 1.53. The standard InChI is InChI=1S/C8H15NO3.C8H10/c1-4-8(3,9-6-10)7(11)12-5-2;1-7-4-3-5-8(2)6-7/h6H,4-5H2,1-3H3,(H,9,10);3-6H,1-2H3. The van der Waals surface area contributed by atoms with E-state index in [4.69, 9.17) is 4.74 Å². The number of amides is 1. The molecule has 1 N–H and O–H groups in total. The first-order valence-corrected chi connectivity index (χ1v) is 6.81. The Morgan fingerprint density at radius 3 is 2.15 bits per heavy atom. The van der Waals surface area contributed by atoms with Crippen molar-refractivity contribution in [3.63, 3.8) is 0 Å². The smallest absolute Gasteiger partial charge is 0.331 e. The van der Waals surface area contributed by atoms with Gasteiger partial charge in [-0.2, -0.15) is 0 Å². The highest BCUT2D eigenvalue weighted by Crippen LogP contribution is 2.10. The molecule has 0 saturated heterocycles. The molecule has 1 rings (SSSR count). The molecule has 0 heterocycles. The van der Waals surface area contributed by atoms with E-state index < -0.39 is 5.54 Å². The fraction of sp³-hybridized carbons (Fsp3) is 0.500. The summed E-state index contributed by atoms with van der Waals surface area (Å²) in [5, 5.41) is 2.44. The van der Waals surface area contributed by atoms with E-state index in [1.165, 1.54) is 11.1 Å². The highest BCUT2D eigenvalue weighted by molar-refractivity contribution is 5.82. The van der Waals surface area contributed by atoms with Crippen molar-refractivity contribution in [1.82, 2.24) is 5.32 Å². The van der Waals surface area contributed by atoms with Gasteiger partial charge in [-0.05, 0) is 34.1 Å². The average Bonchev–Trinajstić information content (AvgIpc) is 2.39. The number of esters is 1. The third kappa shape index (κ3) is 6.36. The topological polar surface area (TPSA) is 55.4 Å². The van der Waals surface area contributed by atoms with Crippen molar-refractivity contribution in [2.24, 2.45) is 0 Å². The van der Waals surface area contributed by atoms with Crippen molar-refractivity contribution in [2.75, 3.05) is 6.61 Å². The Hall–Kier alpha value is -1.84. The maximum absolute atomic E-state index is 11.2. The number of carbonyl (C=O) groups is 2. The molecule has 1 amide bonds. The number of aryl methyl sites for hydroxylation is 2. The molecule has 0 aliphatic carbocycles. The van der Waals surface area contributed by atoms with Crippen molar-refractivity contribution in [1.29, 1.82) is 0 Å². The molecule has 0 spiro atoms. The van der Waals surface area contributed by atoms with Crippen LogP contribution in [0.4, 0.5) is 0 Å². The van der Waals surface area contributed by atoms with Crippen molar-refractivity contribution in [3.8, 4) is 0 Å². The molecule has 0 bridgehead atoms. The summed E-state index contributed by atoms with van der Waals surface area (Å²) in [5.41, 5.74) is 1.80. The van der Waals surface area contributed by atoms with Gasteiger partial charge in [0, 0.05) is 0 Å². The second-order valence-corrected chi connectivity index (χ2v) is 4.83. The Kier molecular flexibility index (Phi) is 8.29. The molecule has 0 aliphatic heterocycles. The van der Waals surface area contributed by atoms with Gasteiger partial charge in [-0.3, -0.25) is 4.79 Å². The van der Waals surface area contributed by atoms with E-state index in [0.717, 1.165) is 0 Å². The van der Waals surface area contributed by atoms with E-state index in [1.54, 1.807) is 13.8 Å². The van der Waals surface area contributed by atoms with Crippen LogP contribution in [0, 0.1) is 13.8 Å². The normalized spacial score (nSPS) is 12.4. The molecule has 0 aromatic heterocycles. The second kappa shape index (κ2) is 9.13. The fourth-order valence-electron chi connectivity index (χ4n) is 1.53. The van der Waals surface area contributed by atoms with Crippen LogP contribution >= 0.6 is 0 Å². The minimum absolute atomic E-state index is 0.328. The van der Waals surface area contributed by atoms with Gasteiger partial charge < -0.3 is 10.1 Å². The van der Waals surface area contributed by atoms with Crippen LogP contribution in [-0.2, 0) is 14.3 Å². The molecule has 0 radical (unpaired) electrons. The van der Waals surface area contributed by atoms with Crippen LogP contribution in [0.5, 0.6) is 0 Å². The first kappa shape index (κ1) is 18.2. The minimum atomic E-state index is -0.877. The van der Waals surface area contributed by atoms with Crippen molar-refractivity contribution in [3.05, 3.63) is 35.4 Å². The number of rotatable bonds is 5. The quantitative estimate of drug-likeness (QED) is 0.666. The molecular weight excluding hydrogens is 254 g/mol. The van der Waals surface area contributed by atoms with Crippen molar-refractivity contribution in [2.45, 2.75) is 46.6 Å². The lowest BCUT2D eigenvalue weighted by Gasteiger charge is -2.24. The van der Waals surface area contributed by atoms with Crippen molar-refractivity contribution >= 4 is 12.4 Å². The molecular formula is C16H25NO3. The minimum Gasteiger partial charge on any atom is -0.464 e. The maximum atomic E-state index is 11.2. The van der Waals surface area contributed by atoms with Crippen LogP contribution in [0.25, 0.3) is 0 Å². The van der Waals surface area contributed by atoms with Crippen LogP contribution in [-0.4, -0.2) is 24.5 Å². The number of nitrogens with one attached hydrogen (secondary N) is 1. The van der Waals surface area contributed by atoms with E-state index in [0.29, 0.717) is 19.4 Å². The van der Waals surface area contributed by atoms with E-state index in [9.17, 15) is 9.59 Å². The van der Waals surface area contributed by atoms with Crippen LogP contribution in [0.1, 0.15) is 38.3 Å². The van der Waals surface area contributed by atoms with E-state index in [-0.39, 0.29) is 5.97 Å². The molecule has 20 heavy (non-hydrogen) atoms. The second-order valence-electron chi connectivity index (χ2n) is 4.83. The van der Waals surface area contributed by atoms with Gasteiger partial charge in [-0.15, -0.1) is 0 Å². The molecule has 1 aromatic rings. The predicted molar refractivity (Wildman–Crippen MR) is 80.4 cm³/mol. The van der Waals surface area contributed by atoms with Crippen LogP contribution in [0.2, 0.25) is 0 Å². The summed E-state index contributed by atoms with van der Waals surface area (Å²) >= 11 is 0. The monoisotopic (exact) mass is 279 g/mol. The Morgan fingerprint density at radius 1 is 1.30 bits per heavy atom. The summed E-state index contributed by atoms with van der Waals surface area (Å²) in [7, 11) is 0. The third-order valence-electron chi connectivity index (χ3n) is 2.98. The summed E-state index contributed by atoms with van der Waals surface area (Å²) in [6.45, 7) is 9.72. The number of benzene rings is 1. The third-order valence-corrected chi connectivity index (χ3v) is 2.98. The molecule has 4 heteroatoms. The predicted octanol–water partition coefficient (Wildman–Crippen LogP) is 2.77. The molecule has 1 atom stereocenters. The Bertz CT molecular complexity index is 414. The van der Waals surface area contributed by atoms with Gasteiger partial charge in [0.05, 0.1) is 6.61 Å². The Balaban J connectivity index is 0.000000388. The van der Waals surface area contributed by atoms with Gasteiger partial charge in [0.2, 0.25) is 6.41 Å². The summed E-state index contributed by atoms with van der Waals surface area (Å²) in [5.74, 6) is -0.389. The molecule has 1 aromatic carbocycles. The first-order valence-electron chi connectivity index (χ1n) is 6.81.